The molecule has 0 aromatic heterocycles. The van der Waals surface area contributed by atoms with E-state index >= 15 is 0 Å². The van der Waals surface area contributed by atoms with E-state index in [1.54, 1.807) is 18.2 Å². The number of carbonyl (C=O) groups is 2. The van der Waals surface area contributed by atoms with Crippen molar-refractivity contribution in [1.82, 2.24) is 5.32 Å². The molecule has 2 N–H and O–H groups in total. The van der Waals surface area contributed by atoms with Crippen LogP contribution in [0, 0.1) is 5.82 Å². The maximum atomic E-state index is 13.6. The lowest BCUT2D eigenvalue weighted by Crippen LogP contribution is -2.33. The van der Waals surface area contributed by atoms with Crippen molar-refractivity contribution >= 4 is 23.5 Å². The van der Waals surface area contributed by atoms with E-state index in [-0.39, 0.29) is 17.0 Å². The number of benzene rings is 2. The standard InChI is InChI=1S/C19H19ClFNO5/c1-26-13-7-11(8-14(10-13)27-2)3-6-17(23)22-18(19(24)25)12-4-5-15(20)16(21)9-12/h4-5,7-10,18H,3,6H2,1-2H3,(H,22,23)(H,24,25). The van der Waals surface area contributed by atoms with Gasteiger partial charge < -0.3 is 19.9 Å². The summed E-state index contributed by atoms with van der Waals surface area (Å²) in [6.07, 6.45) is 0.386. The molecule has 1 atom stereocenters. The highest BCUT2D eigenvalue weighted by Crippen LogP contribution is 2.24. The van der Waals surface area contributed by atoms with Gasteiger partial charge in [-0.15, -0.1) is 0 Å². The van der Waals surface area contributed by atoms with Crippen molar-refractivity contribution in [3.8, 4) is 11.5 Å². The van der Waals surface area contributed by atoms with Gasteiger partial charge >= 0.3 is 5.97 Å². The first-order valence-electron chi connectivity index (χ1n) is 8.03. The Morgan fingerprint density at radius 3 is 2.30 bits per heavy atom. The maximum Gasteiger partial charge on any atom is 0.330 e. The minimum absolute atomic E-state index is 0.0379. The minimum atomic E-state index is -1.37. The summed E-state index contributed by atoms with van der Waals surface area (Å²) >= 11 is 5.61. The summed E-state index contributed by atoms with van der Waals surface area (Å²) in [6, 6.07) is 7.46. The van der Waals surface area contributed by atoms with Gasteiger partial charge in [0.1, 0.15) is 17.3 Å². The number of carboxylic acids is 1. The number of halogens is 2. The Hall–Kier alpha value is -2.80. The van der Waals surface area contributed by atoms with E-state index < -0.39 is 23.7 Å². The van der Waals surface area contributed by atoms with Gasteiger partial charge in [-0.3, -0.25) is 4.79 Å². The number of ether oxygens (including phenoxy) is 2. The Morgan fingerprint density at radius 1 is 1.15 bits per heavy atom. The van der Waals surface area contributed by atoms with Crippen LogP contribution in [0.3, 0.4) is 0 Å². The molecule has 2 aromatic carbocycles. The highest BCUT2D eigenvalue weighted by molar-refractivity contribution is 6.30. The summed E-state index contributed by atoms with van der Waals surface area (Å²) in [6.45, 7) is 0. The fourth-order valence-electron chi connectivity index (χ4n) is 2.48. The molecule has 0 bridgehead atoms. The molecule has 8 heteroatoms. The van der Waals surface area contributed by atoms with Crippen molar-refractivity contribution in [2.24, 2.45) is 0 Å². The van der Waals surface area contributed by atoms with Crippen LogP contribution in [0.25, 0.3) is 0 Å². The van der Waals surface area contributed by atoms with Crippen LogP contribution in [-0.2, 0) is 16.0 Å². The molecule has 1 unspecified atom stereocenters. The fourth-order valence-corrected chi connectivity index (χ4v) is 2.60. The van der Waals surface area contributed by atoms with Crippen molar-refractivity contribution in [3.05, 3.63) is 58.4 Å². The first-order chi connectivity index (χ1) is 12.8. The van der Waals surface area contributed by atoms with Crippen LogP contribution in [0.5, 0.6) is 11.5 Å². The van der Waals surface area contributed by atoms with Crippen LogP contribution in [0.1, 0.15) is 23.6 Å². The van der Waals surface area contributed by atoms with Crippen molar-refractivity contribution in [1.29, 1.82) is 0 Å². The van der Waals surface area contributed by atoms with Gasteiger partial charge in [0.2, 0.25) is 5.91 Å². The van der Waals surface area contributed by atoms with Crippen molar-refractivity contribution < 1.29 is 28.6 Å². The third-order valence-corrected chi connectivity index (χ3v) is 4.19. The predicted molar refractivity (Wildman–Crippen MR) is 97.8 cm³/mol. The monoisotopic (exact) mass is 395 g/mol. The van der Waals surface area contributed by atoms with Crippen LogP contribution in [0.4, 0.5) is 4.39 Å². The van der Waals surface area contributed by atoms with Gasteiger partial charge in [-0.2, -0.15) is 0 Å². The number of aryl methyl sites for hydroxylation is 1. The average molecular weight is 396 g/mol. The van der Waals surface area contributed by atoms with E-state index in [2.05, 4.69) is 5.32 Å². The third kappa shape index (κ3) is 5.59. The van der Waals surface area contributed by atoms with E-state index in [0.29, 0.717) is 17.9 Å². The molecule has 0 aliphatic carbocycles. The Bertz CT molecular complexity index is 821. The second-order valence-corrected chi connectivity index (χ2v) is 6.14. The zero-order valence-electron chi connectivity index (χ0n) is 14.8. The largest absolute Gasteiger partial charge is 0.497 e. The summed E-state index contributed by atoms with van der Waals surface area (Å²) in [5.41, 5.74) is 0.895. The van der Waals surface area contributed by atoms with Crippen LogP contribution in [-0.4, -0.2) is 31.2 Å². The number of hydrogen-bond donors (Lipinski definition) is 2. The Kier molecular flexibility index (Phi) is 7.01. The van der Waals surface area contributed by atoms with Crippen molar-refractivity contribution in [3.63, 3.8) is 0 Å². The molecule has 2 rings (SSSR count). The van der Waals surface area contributed by atoms with Crippen LogP contribution in [0.15, 0.2) is 36.4 Å². The van der Waals surface area contributed by atoms with Crippen molar-refractivity contribution in [2.45, 2.75) is 18.9 Å². The first-order valence-corrected chi connectivity index (χ1v) is 8.41. The molecule has 0 saturated heterocycles. The molecular weight excluding hydrogens is 377 g/mol. The number of methoxy groups -OCH3 is 2. The second kappa shape index (κ2) is 9.23. The van der Waals surface area contributed by atoms with Gasteiger partial charge in [-0.25, -0.2) is 9.18 Å². The third-order valence-electron chi connectivity index (χ3n) is 3.88. The number of rotatable bonds is 8. The molecule has 0 aliphatic heterocycles. The molecule has 27 heavy (non-hydrogen) atoms. The smallest absolute Gasteiger partial charge is 0.330 e. The zero-order chi connectivity index (χ0) is 20.0. The number of nitrogens with one attached hydrogen (secondary N) is 1. The molecule has 1 amide bonds. The molecule has 0 radical (unpaired) electrons. The van der Waals surface area contributed by atoms with Gasteiger partial charge in [0.05, 0.1) is 19.2 Å². The summed E-state index contributed by atoms with van der Waals surface area (Å²) in [7, 11) is 3.04. The highest BCUT2D eigenvalue weighted by atomic mass is 35.5. The summed E-state index contributed by atoms with van der Waals surface area (Å²) in [5, 5.41) is 11.6. The Balaban J connectivity index is 2.06. The number of amides is 1. The molecule has 144 valence electrons. The lowest BCUT2D eigenvalue weighted by atomic mass is 10.1. The molecule has 6 nitrogen and oxygen atoms in total. The number of hydrogen-bond acceptors (Lipinski definition) is 4. The van der Waals surface area contributed by atoms with E-state index in [1.807, 2.05) is 0 Å². The van der Waals surface area contributed by atoms with Crippen LogP contribution < -0.4 is 14.8 Å². The van der Waals surface area contributed by atoms with E-state index in [9.17, 15) is 19.1 Å². The first kappa shape index (κ1) is 20.5. The summed E-state index contributed by atoms with van der Waals surface area (Å²) in [5.74, 6) is -1.36. The predicted octanol–water partition coefficient (Wildman–Crippen LogP) is 3.37. The number of aliphatic carboxylic acids is 1. The molecule has 0 spiro atoms. The number of carbonyl (C=O) groups excluding carboxylic acids is 1. The lowest BCUT2D eigenvalue weighted by Gasteiger charge is -2.15. The van der Waals surface area contributed by atoms with Gasteiger partial charge in [0, 0.05) is 12.5 Å². The topological polar surface area (TPSA) is 84.9 Å². The quantitative estimate of drug-likeness (QED) is 0.715. The fraction of sp³-hybridized carbons (Fsp3) is 0.263. The maximum absolute atomic E-state index is 13.6. The lowest BCUT2D eigenvalue weighted by molar-refractivity contribution is -0.142. The SMILES string of the molecule is COc1cc(CCC(=O)NC(C(=O)O)c2ccc(Cl)c(F)c2)cc(OC)c1. The summed E-state index contributed by atoms with van der Waals surface area (Å²) < 4.78 is 23.9. The molecule has 0 saturated carbocycles. The Morgan fingerprint density at radius 2 is 1.78 bits per heavy atom. The molecular formula is C19H19ClFNO5. The molecule has 0 heterocycles. The second-order valence-electron chi connectivity index (χ2n) is 5.73. The highest BCUT2D eigenvalue weighted by Gasteiger charge is 2.23. The Labute approximate surface area is 160 Å². The van der Waals surface area contributed by atoms with Gasteiger partial charge in [-0.05, 0) is 41.8 Å². The van der Waals surface area contributed by atoms with Gasteiger partial charge in [0.15, 0.2) is 6.04 Å². The van der Waals surface area contributed by atoms with Crippen LogP contribution >= 0.6 is 11.6 Å². The average Bonchev–Trinajstić information content (AvgIpc) is 2.66. The molecule has 0 aliphatic rings. The number of carboxylic acid groups (broad SMARTS) is 1. The van der Waals surface area contributed by atoms with E-state index in [1.165, 1.54) is 26.4 Å². The van der Waals surface area contributed by atoms with Crippen LogP contribution in [0.2, 0.25) is 5.02 Å². The van der Waals surface area contributed by atoms with Crippen molar-refractivity contribution in [2.75, 3.05) is 14.2 Å². The van der Waals surface area contributed by atoms with E-state index in [0.717, 1.165) is 11.6 Å². The molecule has 0 fully saturated rings. The molecule has 2 aromatic rings. The zero-order valence-corrected chi connectivity index (χ0v) is 15.5. The normalized spacial score (nSPS) is 11.6. The summed E-state index contributed by atoms with van der Waals surface area (Å²) in [4.78, 5) is 23.7. The van der Waals surface area contributed by atoms with E-state index in [4.69, 9.17) is 21.1 Å². The van der Waals surface area contributed by atoms with Gasteiger partial charge in [-0.1, -0.05) is 17.7 Å². The van der Waals surface area contributed by atoms with Gasteiger partial charge in [0.25, 0.3) is 0 Å². The minimum Gasteiger partial charge on any atom is -0.497 e.